The number of aromatic amines is 1. The van der Waals surface area contributed by atoms with Crippen LogP contribution in [0, 0.1) is 18.3 Å². The van der Waals surface area contributed by atoms with E-state index in [2.05, 4.69) is 43.4 Å². The Morgan fingerprint density at radius 3 is 2.02 bits per heavy atom. The largest absolute Gasteiger partial charge is 0.497 e. The van der Waals surface area contributed by atoms with Crippen molar-refractivity contribution >= 4 is 8.53 Å². The zero-order valence-corrected chi connectivity index (χ0v) is 32.2. The zero-order valence-electron chi connectivity index (χ0n) is 31.4. The van der Waals surface area contributed by atoms with Crippen LogP contribution in [0.4, 0.5) is 0 Å². The van der Waals surface area contributed by atoms with Crippen LogP contribution < -0.4 is 20.7 Å². The minimum atomic E-state index is -1.67. The lowest BCUT2D eigenvalue weighted by molar-refractivity contribution is -0.0926. The summed E-state index contributed by atoms with van der Waals surface area (Å²) in [5, 5.41) is 9.29. The van der Waals surface area contributed by atoms with E-state index in [-0.39, 0.29) is 38.1 Å². The number of nitriles is 1. The molecule has 13 heteroatoms. The van der Waals surface area contributed by atoms with E-state index in [4.69, 9.17) is 28.0 Å². The molecule has 2 unspecified atom stereocenters. The lowest BCUT2D eigenvalue weighted by Crippen LogP contribution is -2.39. The fourth-order valence-electron chi connectivity index (χ4n) is 6.62. The Hall–Kier alpha value is -4.34. The summed E-state index contributed by atoms with van der Waals surface area (Å²) in [7, 11) is 1.59. The lowest BCUT2D eigenvalue weighted by Gasteiger charge is -2.39. The molecule has 282 valence electrons. The molecule has 0 spiro atoms. The van der Waals surface area contributed by atoms with Crippen LogP contribution in [0.25, 0.3) is 0 Å². The summed E-state index contributed by atoms with van der Waals surface area (Å²) in [5.74, 6) is 1.40. The standard InChI is InChI=1S/C40H49N4O8P/c1-27(2)44(28(3)4)53(50-23-11-22-41)52-35-24-37(43-25-29(5)38(45)42-39(43)46)51-36(35)26-49-40(30-12-9-8-10-13-30,31-14-18-33(47-6)19-15-31)32-16-20-34(48-7)21-17-32/h8-10,12-21,25,27-28,35-37H,11,23-24,26H2,1-7H3,(H,42,45,46)/t35?,36-,37-,53?/m1/s1/i25+1. The number of hydrogen-bond donors (Lipinski definition) is 1. The third-order valence-electron chi connectivity index (χ3n) is 9.16. The molecule has 0 radical (unpaired) electrons. The monoisotopic (exact) mass is 745 g/mol. The second kappa shape index (κ2) is 18.1. The number of nitrogens with zero attached hydrogens (tertiary/aromatic N) is 3. The number of methoxy groups -OCH3 is 2. The molecular weight excluding hydrogens is 696 g/mol. The number of benzene rings is 3. The Morgan fingerprint density at radius 2 is 1.49 bits per heavy atom. The van der Waals surface area contributed by atoms with Gasteiger partial charge in [-0.1, -0.05) is 54.6 Å². The van der Waals surface area contributed by atoms with Crippen LogP contribution in [0.15, 0.2) is 94.6 Å². The summed E-state index contributed by atoms with van der Waals surface area (Å²) in [5.41, 5.74) is 0.779. The predicted octanol–water partition coefficient (Wildman–Crippen LogP) is 6.82. The van der Waals surface area contributed by atoms with Crippen molar-refractivity contribution in [2.45, 2.75) is 83.6 Å². The summed E-state index contributed by atoms with van der Waals surface area (Å²) in [6, 6.07) is 27.8. The van der Waals surface area contributed by atoms with Crippen molar-refractivity contribution in [3.63, 3.8) is 0 Å². The molecule has 0 amide bonds. The maximum Gasteiger partial charge on any atom is 0.330 e. The number of aryl methyl sites for hydroxylation is 1. The van der Waals surface area contributed by atoms with E-state index >= 15 is 0 Å². The van der Waals surface area contributed by atoms with Crippen molar-refractivity contribution in [2.24, 2.45) is 0 Å². The molecule has 0 bridgehead atoms. The van der Waals surface area contributed by atoms with Gasteiger partial charge in [0.25, 0.3) is 14.1 Å². The second-order valence-corrected chi connectivity index (χ2v) is 14.8. The maximum absolute atomic E-state index is 13.1. The summed E-state index contributed by atoms with van der Waals surface area (Å²) in [6.07, 6.45) is -0.0783. The van der Waals surface area contributed by atoms with Gasteiger partial charge in [-0.3, -0.25) is 14.3 Å². The van der Waals surface area contributed by atoms with Gasteiger partial charge < -0.3 is 28.0 Å². The number of nitrogens with one attached hydrogen (secondary N) is 1. The molecule has 2 heterocycles. The van der Waals surface area contributed by atoms with E-state index in [9.17, 15) is 14.9 Å². The van der Waals surface area contributed by atoms with Crippen molar-refractivity contribution in [3.8, 4) is 17.6 Å². The average Bonchev–Trinajstić information content (AvgIpc) is 3.56. The van der Waals surface area contributed by atoms with Crippen molar-refractivity contribution in [1.29, 1.82) is 5.26 Å². The number of rotatable bonds is 17. The van der Waals surface area contributed by atoms with Crippen molar-refractivity contribution in [2.75, 3.05) is 27.4 Å². The Balaban J connectivity index is 1.60. The van der Waals surface area contributed by atoms with E-state index in [0.29, 0.717) is 17.1 Å². The quantitative estimate of drug-likeness (QED) is 0.0697. The number of hydrogen-bond acceptors (Lipinski definition) is 10. The van der Waals surface area contributed by atoms with E-state index in [1.807, 2.05) is 78.9 Å². The fraction of sp³-hybridized carbons (Fsp3) is 0.425. The Bertz CT molecular complexity index is 1870. The van der Waals surface area contributed by atoms with Crippen molar-refractivity contribution in [1.82, 2.24) is 14.2 Å². The third kappa shape index (κ3) is 9.07. The number of aromatic nitrogens is 2. The molecule has 0 aliphatic carbocycles. The van der Waals surface area contributed by atoms with Crippen LogP contribution in [0.3, 0.4) is 0 Å². The van der Waals surface area contributed by atoms with E-state index < -0.39 is 43.8 Å². The van der Waals surface area contributed by atoms with Crippen molar-refractivity contribution < 1.29 is 28.0 Å². The van der Waals surface area contributed by atoms with Gasteiger partial charge in [0.15, 0.2) is 0 Å². The highest BCUT2D eigenvalue weighted by Crippen LogP contribution is 2.50. The summed E-state index contributed by atoms with van der Waals surface area (Å²) < 4.78 is 41.6. The van der Waals surface area contributed by atoms with Crippen LogP contribution in [0.1, 0.15) is 69.0 Å². The smallest absolute Gasteiger partial charge is 0.330 e. The summed E-state index contributed by atoms with van der Waals surface area (Å²) >= 11 is 0. The van der Waals surface area contributed by atoms with Gasteiger partial charge in [-0.25, -0.2) is 9.46 Å². The molecule has 1 aliphatic heterocycles. The van der Waals surface area contributed by atoms with Crippen molar-refractivity contribution in [3.05, 3.63) is 128 Å². The predicted molar refractivity (Wildman–Crippen MR) is 203 cm³/mol. The first-order valence-corrected chi connectivity index (χ1v) is 18.9. The first kappa shape index (κ1) is 39.9. The van der Waals surface area contributed by atoms with Gasteiger partial charge in [0.2, 0.25) is 0 Å². The topological polar surface area (TPSA) is 137 Å². The lowest BCUT2D eigenvalue weighted by atomic mass is 9.80. The van der Waals surface area contributed by atoms with Gasteiger partial charge in [0.05, 0.1) is 46.0 Å². The molecule has 5 rings (SSSR count). The minimum absolute atomic E-state index is 0.0376. The maximum atomic E-state index is 13.1. The highest BCUT2D eigenvalue weighted by atomic mass is 31.2. The Labute approximate surface area is 312 Å². The SMILES string of the molecule is COc1ccc(C(OC[C@H]2O[C@@H](n3[13cH]c(C)c(=O)[nH]c3=O)CC2OP(OCCC#N)N(C(C)C)C(C)C)(c2ccccc2)c2ccc(OC)cc2)cc1. The number of ether oxygens (including phenoxy) is 4. The van der Waals surface area contributed by atoms with Gasteiger partial charge in [-0.05, 0) is 75.6 Å². The Kier molecular flexibility index (Phi) is 13.6. The Morgan fingerprint density at radius 1 is 0.925 bits per heavy atom. The van der Waals surface area contributed by atoms with Crippen LogP contribution >= 0.6 is 8.53 Å². The molecule has 1 saturated heterocycles. The average molecular weight is 746 g/mol. The first-order chi connectivity index (χ1) is 25.5. The molecule has 4 atom stereocenters. The summed E-state index contributed by atoms with van der Waals surface area (Å²) in [4.78, 5) is 27.8. The van der Waals surface area contributed by atoms with Gasteiger partial charge in [0, 0.05) is 30.3 Å². The van der Waals surface area contributed by atoms with Gasteiger partial charge in [-0.15, -0.1) is 0 Å². The molecule has 1 aliphatic rings. The first-order valence-electron chi connectivity index (χ1n) is 17.7. The highest BCUT2D eigenvalue weighted by Gasteiger charge is 2.45. The molecular formula is C40H49N4O8P. The van der Waals surface area contributed by atoms with Crippen LogP contribution in [-0.4, -0.2) is 65.9 Å². The van der Waals surface area contributed by atoms with Gasteiger partial charge in [0.1, 0.15) is 29.4 Å². The molecule has 12 nitrogen and oxygen atoms in total. The van der Waals surface area contributed by atoms with E-state index in [1.165, 1.54) is 10.8 Å². The molecule has 1 fully saturated rings. The normalized spacial score (nSPS) is 18.0. The molecule has 3 aromatic carbocycles. The zero-order chi connectivity index (χ0) is 38.1. The highest BCUT2D eigenvalue weighted by molar-refractivity contribution is 7.44. The minimum Gasteiger partial charge on any atom is -0.497 e. The molecule has 0 saturated carbocycles. The fourth-order valence-corrected chi connectivity index (χ4v) is 8.38. The van der Waals surface area contributed by atoms with Crippen LogP contribution in [-0.2, 0) is 24.1 Å². The van der Waals surface area contributed by atoms with Crippen LogP contribution in [0.2, 0.25) is 0 Å². The van der Waals surface area contributed by atoms with E-state index in [0.717, 1.165) is 16.7 Å². The molecule has 1 aromatic heterocycles. The molecule has 53 heavy (non-hydrogen) atoms. The molecule has 1 N–H and O–H groups in total. The second-order valence-electron chi connectivity index (χ2n) is 13.3. The molecule has 4 aromatic rings. The van der Waals surface area contributed by atoms with E-state index in [1.54, 1.807) is 21.1 Å². The van der Waals surface area contributed by atoms with Gasteiger partial charge >= 0.3 is 5.69 Å². The number of H-pyrrole nitrogens is 1. The summed E-state index contributed by atoms with van der Waals surface area (Å²) in [6.45, 7) is 10.2. The third-order valence-corrected chi connectivity index (χ3v) is 11.3. The van der Waals surface area contributed by atoms with Gasteiger partial charge in [-0.2, -0.15) is 5.26 Å². The van der Waals surface area contributed by atoms with Crippen LogP contribution in [0.5, 0.6) is 11.5 Å².